The first-order valence-corrected chi connectivity index (χ1v) is 8.97. The molecule has 1 aromatic rings. The quantitative estimate of drug-likeness (QED) is 0.425. The lowest BCUT2D eigenvalue weighted by molar-refractivity contribution is -0.126. The molecule has 0 heterocycles. The summed E-state index contributed by atoms with van der Waals surface area (Å²) in [6, 6.07) is 6.36. The monoisotopic (exact) mass is 345 g/mol. The van der Waals surface area contributed by atoms with Gasteiger partial charge in [-0.1, -0.05) is 57.9 Å². The van der Waals surface area contributed by atoms with Gasteiger partial charge in [0, 0.05) is 19.2 Å². The fourth-order valence-electron chi connectivity index (χ4n) is 2.98. The van der Waals surface area contributed by atoms with Gasteiger partial charge in [-0.25, -0.2) is 4.39 Å². The second kappa shape index (κ2) is 8.98. The maximum absolute atomic E-state index is 13.4. The molecule has 0 atom stereocenters. The van der Waals surface area contributed by atoms with Crippen LogP contribution in [0.4, 0.5) is 4.39 Å². The van der Waals surface area contributed by atoms with Crippen molar-refractivity contribution < 1.29 is 9.18 Å². The minimum atomic E-state index is -0.286. The Morgan fingerprint density at radius 1 is 1.28 bits per heavy atom. The molecule has 0 radical (unpaired) electrons. The number of hydrogen-bond acceptors (Lipinski definition) is 1. The molecule has 2 nitrogen and oxygen atoms in total. The van der Waals surface area contributed by atoms with E-state index in [0.717, 1.165) is 36.0 Å². The van der Waals surface area contributed by atoms with E-state index in [-0.39, 0.29) is 17.1 Å². The Balaban J connectivity index is 3.10. The van der Waals surface area contributed by atoms with Crippen molar-refractivity contribution in [3.8, 4) is 0 Å². The number of allylic oxidation sites excluding steroid dienone is 1. The van der Waals surface area contributed by atoms with Crippen LogP contribution in [0.5, 0.6) is 0 Å². The van der Waals surface area contributed by atoms with E-state index in [4.69, 9.17) is 0 Å². The Kier molecular flexibility index (Phi) is 7.60. The highest BCUT2D eigenvalue weighted by Gasteiger charge is 2.27. The molecular formula is C22H32FNO. The Bertz CT molecular complexity index is 658. The van der Waals surface area contributed by atoms with Gasteiger partial charge in [-0.15, -0.1) is 0 Å². The molecule has 0 aliphatic carbocycles. The molecule has 25 heavy (non-hydrogen) atoms. The number of likely N-dealkylation sites (N-methyl/N-ethyl adjacent to an activating group) is 1. The number of carbonyl (C=O) groups is 1. The number of benzene rings is 1. The largest absolute Gasteiger partial charge is 0.337 e. The van der Waals surface area contributed by atoms with Crippen LogP contribution in [-0.2, 0) is 11.3 Å². The third-order valence-corrected chi connectivity index (χ3v) is 4.84. The van der Waals surface area contributed by atoms with Crippen molar-refractivity contribution in [1.82, 2.24) is 4.90 Å². The van der Waals surface area contributed by atoms with E-state index in [1.54, 1.807) is 18.0 Å². The van der Waals surface area contributed by atoms with Gasteiger partial charge in [0.05, 0.1) is 0 Å². The molecule has 0 aromatic heterocycles. The summed E-state index contributed by atoms with van der Waals surface area (Å²) in [5, 5.41) is 0. The van der Waals surface area contributed by atoms with Gasteiger partial charge in [-0.05, 0) is 49.0 Å². The number of amides is 1. The number of unbranched alkanes of at least 4 members (excludes halogenated alkanes) is 1. The minimum absolute atomic E-state index is 0.0559. The number of nitrogens with zero attached hydrogens (tertiary/aromatic N) is 1. The zero-order valence-corrected chi connectivity index (χ0v) is 16.6. The standard InChI is InChI=1S/C22H32FNO/c1-8-9-13-22(5,6)17(4)20(16(2)3)21(25)24(7)15-18-11-10-12-19(23)14-18/h10-12,14H,2,8-9,13,15H2,1,3-7H3/b20-17-. The van der Waals surface area contributed by atoms with Crippen LogP contribution >= 0.6 is 0 Å². The molecule has 0 aliphatic rings. The van der Waals surface area contributed by atoms with E-state index in [2.05, 4.69) is 27.4 Å². The molecule has 0 unspecified atom stereocenters. The highest BCUT2D eigenvalue weighted by atomic mass is 19.1. The van der Waals surface area contributed by atoms with Crippen molar-refractivity contribution >= 4 is 5.91 Å². The third kappa shape index (κ3) is 5.84. The van der Waals surface area contributed by atoms with Crippen LogP contribution in [0.15, 0.2) is 47.6 Å². The number of hydrogen-bond donors (Lipinski definition) is 0. The molecular weight excluding hydrogens is 313 g/mol. The highest BCUT2D eigenvalue weighted by Crippen LogP contribution is 2.36. The van der Waals surface area contributed by atoms with E-state index in [0.29, 0.717) is 12.1 Å². The molecule has 138 valence electrons. The topological polar surface area (TPSA) is 20.3 Å². The molecule has 1 aromatic carbocycles. The van der Waals surface area contributed by atoms with Crippen LogP contribution in [0.3, 0.4) is 0 Å². The highest BCUT2D eigenvalue weighted by molar-refractivity contribution is 5.98. The van der Waals surface area contributed by atoms with Crippen LogP contribution in [0.1, 0.15) is 59.4 Å². The Morgan fingerprint density at radius 3 is 2.44 bits per heavy atom. The van der Waals surface area contributed by atoms with Gasteiger partial charge in [0.25, 0.3) is 5.91 Å². The van der Waals surface area contributed by atoms with Crippen LogP contribution in [0.2, 0.25) is 0 Å². The number of halogens is 1. The van der Waals surface area contributed by atoms with Crippen LogP contribution in [0, 0.1) is 11.2 Å². The summed E-state index contributed by atoms with van der Waals surface area (Å²) in [5.74, 6) is -0.343. The summed E-state index contributed by atoms with van der Waals surface area (Å²) in [6.07, 6.45) is 3.29. The molecule has 0 saturated heterocycles. The Hall–Kier alpha value is -1.90. The lowest BCUT2D eigenvalue weighted by atomic mass is 9.77. The van der Waals surface area contributed by atoms with E-state index in [9.17, 15) is 9.18 Å². The van der Waals surface area contributed by atoms with Gasteiger partial charge in [-0.3, -0.25) is 4.79 Å². The van der Waals surface area contributed by atoms with Gasteiger partial charge in [0.2, 0.25) is 0 Å². The van der Waals surface area contributed by atoms with Crippen LogP contribution in [0.25, 0.3) is 0 Å². The molecule has 0 saturated carbocycles. The maximum atomic E-state index is 13.4. The minimum Gasteiger partial charge on any atom is -0.337 e. The molecule has 0 aliphatic heterocycles. The van der Waals surface area contributed by atoms with Crippen molar-refractivity contribution in [1.29, 1.82) is 0 Å². The van der Waals surface area contributed by atoms with Gasteiger partial charge in [0.15, 0.2) is 0 Å². The van der Waals surface area contributed by atoms with Gasteiger partial charge < -0.3 is 4.90 Å². The normalized spacial score (nSPS) is 12.6. The lowest BCUT2D eigenvalue weighted by Gasteiger charge is -2.30. The summed E-state index contributed by atoms with van der Waals surface area (Å²) in [4.78, 5) is 14.7. The van der Waals surface area contributed by atoms with Crippen LogP contribution in [-0.4, -0.2) is 17.9 Å². The molecule has 1 amide bonds. The van der Waals surface area contributed by atoms with E-state index in [1.165, 1.54) is 12.1 Å². The van der Waals surface area contributed by atoms with Crippen molar-refractivity contribution in [2.24, 2.45) is 5.41 Å². The first kappa shape index (κ1) is 21.1. The zero-order valence-electron chi connectivity index (χ0n) is 16.6. The predicted molar refractivity (Wildman–Crippen MR) is 104 cm³/mol. The predicted octanol–water partition coefficient (Wildman–Crippen LogP) is 5.89. The second-order valence-electron chi connectivity index (χ2n) is 7.56. The lowest BCUT2D eigenvalue weighted by Crippen LogP contribution is -2.30. The summed E-state index contributed by atoms with van der Waals surface area (Å²) >= 11 is 0. The molecule has 3 heteroatoms. The van der Waals surface area contributed by atoms with Crippen molar-refractivity contribution in [3.05, 3.63) is 58.9 Å². The van der Waals surface area contributed by atoms with Gasteiger partial charge in [0.1, 0.15) is 5.82 Å². The maximum Gasteiger partial charge on any atom is 0.254 e. The molecule has 0 N–H and O–H groups in total. The molecule has 0 fully saturated rings. The summed E-state index contributed by atoms with van der Waals surface area (Å²) in [7, 11) is 1.75. The summed E-state index contributed by atoms with van der Waals surface area (Å²) in [5.41, 5.74) is 3.27. The second-order valence-corrected chi connectivity index (χ2v) is 7.56. The third-order valence-electron chi connectivity index (χ3n) is 4.84. The molecule has 1 rings (SSSR count). The van der Waals surface area contributed by atoms with Gasteiger partial charge >= 0.3 is 0 Å². The average Bonchev–Trinajstić information content (AvgIpc) is 2.52. The van der Waals surface area contributed by atoms with E-state index in [1.807, 2.05) is 19.9 Å². The zero-order chi connectivity index (χ0) is 19.2. The molecule has 0 bridgehead atoms. The van der Waals surface area contributed by atoms with Crippen molar-refractivity contribution in [2.45, 2.75) is 60.4 Å². The molecule has 0 spiro atoms. The van der Waals surface area contributed by atoms with E-state index >= 15 is 0 Å². The Labute approximate surface area is 152 Å². The summed E-state index contributed by atoms with van der Waals surface area (Å²) in [6.45, 7) is 14.8. The fourth-order valence-corrected chi connectivity index (χ4v) is 2.98. The van der Waals surface area contributed by atoms with Crippen LogP contribution < -0.4 is 0 Å². The fraction of sp³-hybridized carbons (Fsp3) is 0.500. The Morgan fingerprint density at radius 2 is 1.92 bits per heavy atom. The first-order valence-electron chi connectivity index (χ1n) is 8.97. The van der Waals surface area contributed by atoms with Crippen molar-refractivity contribution in [2.75, 3.05) is 7.05 Å². The SMILES string of the molecule is C=C(C)/C(C(=O)N(C)Cc1cccc(F)c1)=C(\C)C(C)(C)CCCC. The number of rotatable bonds is 8. The number of carbonyl (C=O) groups excluding carboxylic acids is 1. The van der Waals surface area contributed by atoms with Gasteiger partial charge in [-0.2, -0.15) is 0 Å². The van der Waals surface area contributed by atoms with Crippen molar-refractivity contribution in [3.63, 3.8) is 0 Å². The van der Waals surface area contributed by atoms with E-state index < -0.39 is 0 Å². The average molecular weight is 346 g/mol. The summed E-state index contributed by atoms with van der Waals surface area (Å²) < 4.78 is 13.4. The smallest absolute Gasteiger partial charge is 0.254 e. The first-order chi connectivity index (χ1) is 11.6.